The second kappa shape index (κ2) is 25.3. The molecule has 0 aromatic heterocycles. The predicted octanol–water partition coefficient (Wildman–Crippen LogP) is 0.497. The van der Waals surface area contributed by atoms with E-state index in [-0.39, 0.29) is 45.1 Å². The molecule has 0 amide bonds. The third-order valence-electron chi connectivity index (χ3n) is 12.6. The molecule has 0 aromatic carbocycles. The van der Waals surface area contributed by atoms with Gasteiger partial charge in [-0.2, -0.15) is 0 Å². The molecule has 0 unspecified atom stereocenters. The molecule has 6 nitrogen and oxygen atoms in total. The number of aliphatic hydroxyl groups is 1. The zero-order valence-electron chi connectivity index (χ0n) is 35.0. The third-order valence-corrected chi connectivity index (χ3v) is 12.6. The van der Waals surface area contributed by atoms with Crippen LogP contribution in [-0.2, 0) is 19.1 Å². The predicted molar refractivity (Wildman–Crippen MR) is 261 cm³/mol. The topological polar surface area (TPSA) is 101 Å². The molecule has 2 N–H and O–H groups in total. The van der Waals surface area contributed by atoms with Gasteiger partial charge in [0.15, 0.2) is 0 Å². The summed E-state index contributed by atoms with van der Waals surface area (Å²) in [5.74, 6) is 3.83. The maximum Gasteiger partial charge on any atom is 0.307 e. The van der Waals surface area contributed by atoms with Gasteiger partial charge in [-0.3, -0.25) is 14.4 Å². The first-order valence-electron chi connectivity index (χ1n) is 21.1. The van der Waals surface area contributed by atoms with Gasteiger partial charge in [-0.15, -0.1) is 19.5 Å². The zero-order valence-corrected chi connectivity index (χ0v) is 35.0. The van der Waals surface area contributed by atoms with Crippen LogP contribution in [0.5, 0.6) is 0 Å². The van der Waals surface area contributed by atoms with E-state index < -0.39 is 42.8 Å². The molecule has 6 fully saturated rings. The smallest absolute Gasteiger partial charge is 0.307 e. The van der Waals surface area contributed by atoms with Crippen LogP contribution in [0.15, 0.2) is 25.3 Å². The minimum atomic E-state index is -0.923. The number of aliphatic carboxylic acids is 1. The number of allylic oxidation sites excluding steroid dienone is 2. The number of esters is 1. The normalized spacial score (nSPS) is 29.0. The Morgan fingerprint density at radius 2 is 1.31 bits per heavy atom. The van der Waals surface area contributed by atoms with E-state index in [0.717, 1.165) is 62.7 Å². The minimum Gasteiger partial charge on any atom is -0.481 e. The molecule has 18 radical (unpaired) electrons. The molecule has 0 aliphatic heterocycles. The fourth-order valence-corrected chi connectivity index (χ4v) is 8.45. The molecule has 0 saturated heterocycles. The summed E-state index contributed by atoms with van der Waals surface area (Å²) in [6.45, 7) is 13.0. The lowest BCUT2D eigenvalue weighted by Crippen LogP contribution is -2.52. The van der Waals surface area contributed by atoms with Gasteiger partial charge in [0.1, 0.15) is 11.9 Å². The van der Waals surface area contributed by atoms with Crippen molar-refractivity contribution < 1.29 is 29.3 Å². The van der Waals surface area contributed by atoms with Gasteiger partial charge in [-0.25, -0.2) is 0 Å². The summed E-state index contributed by atoms with van der Waals surface area (Å²) in [5, 5.41) is 19.1. The van der Waals surface area contributed by atoms with Crippen LogP contribution < -0.4 is 0 Å². The monoisotopic (exact) mass is 764 g/mol. The first kappa shape index (κ1) is 53.2. The number of carboxylic acid groups (broad SMARTS) is 1. The van der Waals surface area contributed by atoms with Crippen LogP contribution in [0, 0.1) is 58.7 Å². The van der Waals surface area contributed by atoms with E-state index in [1.165, 1.54) is 38.5 Å². The number of rotatable bonds is 16. The van der Waals surface area contributed by atoms with Gasteiger partial charge in [0.05, 0.1) is 18.4 Å². The van der Waals surface area contributed by atoms with Crippen LogP contribution in [0.25, 0.3) is 0 Å². The molecule has 6 aliphatic carbocycles. The second-order valence-electron chi connectivity index (χ2n) is 18.3. The van der Waals surface area contributed by atoms with Crippen molar-refractivity contribution in [3.05, 3.63) is 25.3 Å². The van der Waals surface area contributed by atoms with Crippen molar-refractivity contribution in [3.8, 4) is 0 Å². The van der Waals surface area contributed by atoms with Crippen LogP contribution in [0.4, 0.5) is 0 Å². The lowest BCUT2D eigenvalue weighted by atomic mass is 8.68. The molecule has 11 atom stereocenters. The van der Waals surface area contributed by atoms with Gasteiger partial charge < -0.3 is 14.9 Å². The van der Waals surface area contributed by atoms with Crippen LogP contribution in [-0.4, -0.2) is 156 Å². The fraction of sp³-hybridized carbons (Fsp3) is 0.806. The molecule has 22 heteroatoms. The van der Waals surface area contributed by atoms with Crippen LogP contribution in [0.1, 0.15) is 111 Å². The first-order valence-corrected chi connectivity index (χ1v) is 21.1. The number of ketones is 1. The Bertz CT molecular complexity index is 1270. The number of unbranched alkanes of at least 4 members (excludes halogenated alkanes) is 2. The number of Topliss-reactive ketones (excluding diaryl/α,β-unsaturated/α-hetero) is 1. The van der Waals surface area contributed by atoms with Crippen molar-refractivity contribution in [2.24, 2.45) is 58.7 Å². The SMILES string of the molecule is C=CCCC[C@@H]1C[C@H]2C[C@H]2[C@H]1O.C=CCCC[C@@H]1C[C@H]2C[C@H]2[C@H]1OC(=O)C[C@H](C(=O)O)C(C)(C)C.O=C1CC[C@H]2C[C@@H]12.[B]B([B])B([B])B([B])[BH3-].[B]B([B])B([B])B([B])[B]. The quantitative estimate of drug-likeness (QED) is 0.103. The molecule has 288 valence electrons. The molecule has 0 spiro atoms. The Morgan fingerprint density at radius 3 is 1.64 bits per heavy atom. The van der Waals surface area contributed by atoms with E-state index >= 15 is 0 Å². The number of ether oxygens (including phenoxy) is 1. The van der Waals surface area contributed by atoms with E-state index in [1.807, 2.05) is 32.9 Å². The van der Waals surface area contributed by atoms with E-state index in [0.29, 0.717) is 35.4 Å². The van der Waals surface area contributed by atoms with Crippen molar-refractivity contribution in [2.45, 2.75) is 123 Å². The molecule has 58 heavy (non-hydrogen) atoms. The number of carboxylic acids is 1. The largest absolute Gasteiger partial charge is 0.481 e. The van der Waals surface area contributed by atoms with E-state index in [4.69, 9.17) is 74.4 Å². The van der Waals surface area contributed by atoms with Crippen LogP contribution >= 0.6 is 0 Å². The summed E-state index contributed by atoms with van der Waals surface area (Å²) in [6, 6.07) is 0. The summed E-state index contributed by atoms with van der Waals surface area (Å²) in [5.41, 5.74) is -0.452. The number of carbonyl (C=O) groups is 3. The summed E-state index contributed by atoms with van der Waals surface area (Å²) >= 11 is 0. The highest BCUT2D eigenvalue weighted by atomic mass is 16.5. The average molecular weight is 761 g/mol. The highest BCUT2D eigenvalue weighted by molar-refractivity contribution is 7.90. The average Bonchev–Trinajstić information content (AvgIpc) is 4.10. The zero-order chi connectivity index (χ0) is 44.1. The maximum absolute atomic E-state index is 12.3. The molecular formula is C36H59B16O6-. The van der Waals surface area contributed by atoms with Gasteiger partial charge >= 0.3 is 11.9 Å². The molecule has 6 aliphatic rings. The van der Waals surface area contributed by atoms with Gasteiger partial charge in [0, 0.05) is 70.2 Å². The van der Waals surface area contributed by atoms with Crippen molar-refractivity contribution >= 4 is 133 Å². The summed E-state index contributed by atoms with van der Waals surface area (Å²) in [6.07, 6.45) is 16.5. The van der Waals surface area contributed by atoms with E-state index in [2.05, 4.69) is 13.2 Å². The number of hydrogen-bond donors (Lipinski definition) is 2. The van der Waals surface area contributed by atoms with Crippen LogP contribution in [0.3, 0.4) is 0 Å². The minimum absolute atomic E-state index is 0.00623. The van der Waals surface area contributed by atoms with Gasteiger partial charge in [-0.1, -0.05) is 40.7 Å². The molecule has 6 rings (SSSR count). The van der Waals surface area contributed by atoms with Gasteiger partial charge in [0.25, 0.3) is 0 Å². The molecule has 0 aromatic rings. The number of aliphatic hydroxyl groups excluding tert-OH is 1. The summed E-state index contributed by atoms with van der Waals surface area (Å²) < 4.78 is 5.76. The lowest BCUT2D eigenvalue weighted by Gasteiger charge is -2.28. The number of hydrogen-bond acceptors (Lipinski definition) is 5. The fourth-order valence-electron chi connectivity index (χ4n) is 8.45. The van der Waals surface area contributed by atoms with E-state index in [1.54, 1.807) is 0 Å². The van der Waals surface area contributed by atoms with Crippen molar-refractivity contribution in [1.82, 2.24) is 0 Å². The van der Waals surface area contributed by atoms with Gasteiger partial charge in [-0.05, 0) is 168 Å². The summed E-state index contributed by atoms with van der Waals surface area (Å²) in [4.78, 5) is 34.3. The Morgan fingerprint density at radius 1 is 0.810 bits per heavy atom. The first-order chi connectivity index (χ1) is 27.0. The number of fused-ring (bicyclic) bond motifs is 3. The number of carbonyl (C=O) groups excluding carboxylic acids is 2. The molecular weight excluding hydrogens is 701 g/mol. The Hall–Kier alpha value is -0.911. The maximum atomic E-state index is 12.3. The molecule has 0 bridgehead atoms. The Labute approximate surface area is 368 Å². The van der Waals surface area contributed by atoms with Gasteiger partial charge in [0.2, 0.25) is 0 Å². The standard InChI is InChI=1S/C19H30O4.C11H18O.C6H8O.B8H3.B8/c1-5-6-7-8-12-9-13-10-14(13)17(12)23-16(20)11-15(18(21)22)19(2,3)4;1-2-3-4-5-8-6-9-7-10(9)11(8)12;7-6-2-1-4-3-5(4)6;2*1-6(2)8(5)7(3)4/h5,12-15,17H,1,6-11H2,2-4H3,(H,21,22);2,8-12H,1,3-7H2;4-5H,1-3H2;1H3;/q;;;-1;/t12-,13+,14-,15-,17+;8-,9+,10-,11+;4-,5+;;/m110../s1. The Balaban J connectivity index is 0.000000276. The van der Waals surface area contributed by atoms with Crippen molar-refractivity contribution in [2.75, 3.05) is 0 Å². The molecule has 6 saturated carbocycles. The summed E-state index contributed by atoms with van der Waals surface area (Å²) in [7, 11) is 47.3. The highest BCUT2D eigenvalue weighted by Gasteiger charge is 2.55. The Kier molecular flexibility index (Phi) is 23.2. The molecule has 0 heterocycles. The third kappa shape index (κ3) is 18.2. The second-order valence-corrected chi connectivity index (χ2v) is 18.3. The van der Waals surface area contributed by atoms with E-state index in [9.17, 15) is 24.6 Å². The lowest BCUT2D eigenvalue weighted by molar-refractivity contribution is -0.160. The van der Waals surface area contributed by atoms with Crippen molar-refractivity contribution in [3.63, 3.8) is 0 Å². The van der Waals surface area contributed by atoms with Crippen molar-refractivity contribution in [1.29, 1.82) is 0 Å². The van der Waals surface area contributed by atoms with Crippen LogP contribution in [0.2, 0.25) is 0 Å². The highest BCUT2D eigenvalue weighted by Crippen LogP contribution is 2.57.